The molecule has 0 aromatic rings. The second-order valence-electron chi connectivity index (χ2n) is 3.88. The first kappa shape index (κ1) is 10.8. The van der Waals surface area contributed by atoms with Crippen LogP contribution in [0.15, 0.2) is 4.99 Å². The minimum absolute atomic E-state index is 0. The number of ether oxygens (including phenoxy) is 1. The fourth-order valence-electron chi connectivity index (χ4n) is 2.07. The summed E-state index contributed by atoms with van der Waals surface area (Å²) in [4.78, 5) is 4.50. The molecule has 0 saturated carbocycles. The van der Waals surface area contributed by atoms with Gasteiger partial charge in [-0.1, -0.05) is 6.92 Å². The summed E-state index contributed by atoms with van der Waals surface area (Å²) >= 11 is 0. The zero-order chi connectivity index (χ0) is 8.55. The van der Waals surface area contributed by atoms with E-state index in [-0.39, 0.29) is 12.4 Å². The molecule has 13 heavy (non-hydrogen) atoms. The van der Waals surface area contributed by atoms with Crippen molar-refractivity contribution in [3.05, 3.63) is 0 Å². The van der Waals surface area contributed by atoms with Crippen molar-refractivity contribution in [2.24, 2.45) is 22.6 Å². The molecule has 2 aliphatic rings. The number of hydrogen-bond acceptors (Lipinski definition) is 3. The summed E-state index contributed by atoms with van der Waals surface area (Å²) in [6.07, 6.45) is 2.21. The van der Waals surface area contributed by atoms with E-state index in [1.54, 1.807) is 0 Å². The topological polar surface area (TPSA) is 47.6 Å². The molecule has 1 saturated heterocycles. The highest BCUT2D eigenvalue weighted by Crippen LogP contribution is 2.28. The third-order valence-electron chi connectivity index (χ3n) is 2.91. The van der Waals surface area contributed by atoms with Gasteiger partial charge in [-0.25, -0.2) is 0 Å². The van der Waals surface area contributed by atoms with Crippen LogP contribution in [-0.2, 0) is 4.74 Å². The number of nitrogens with zero attached hydrogens (tertiary/aromatic N) is 1. The normalized spacial score (nSPS) is 38.5. The maximum absolute atomic E-state index is 5.79. The highest BCUT2D eigenvalue weighted by Gasteiger charge is 2.31. The van der Waals surface area contributed by atoms with Crippen LogP contribution in [0.5, 0.6) is 0 Å². The SMILES string of the molecule is CC1C[C@@H]2COCC[C@@H]2N=C1N.Cl. The zero-order valence-electron chi connectivity index (χ0n) is 7.90. The van der Waals surface area contributed by atoms with Crippen molar-refractivity contribution in [1.82, 2.24) is 0 Å². The van der Waals surface area contributed by atoms with Gasteiger partial charge in [0, 0.05) is 18.4 Å². The molecule has 1 unspecified atom stereocenters. The standard InChI is InChI=1S/C9H16N2O.ClH/c1-6-4-7-5-12-3-2-8(7)11-9(6)10;/h6-8H,2-5H2,1H3,(H2,10,11);1H/t6?,7-,8+;/m1./s1. The van der Waals surface area contributed by atoms with Crippen LogP contribution in [-0.4, -0.2) is 25.1 Å². The lowest BCUT2D eigenvalue weighted by Crippen LogP contribution is -2.40. The number of nitrogens with two attached hydrogens (primary N) is 1. The predicted molar refractivity (Wildman–Crippen MR) is 55.4 cm³/mol. The quantitative estimate of drug-likeness (QED) is 0.645. The molecule has 0 bridgehead atoms. The third-order valence-corrected chi connectivity index (χ3v) is 2.91. The Morgan fingerprint density at radius 2 is 2.31 bits per heavy atom. The summed E-state index contributed by atoms with van der Waals surface area (Å²) in [5, 5.41) is 0. The Bertz CT molecular complexity index is 208. The Hall–Kier alpha value is -0.280. The molecule has 0 amide bonds. The minimum Gasteiger partial charge on any atom is -0.387 e. The molecule has 0 spiro atoms. The van der Waals surface area contributed by atoms with E-state index in [1.165, 1.54) is 0 Å². The Kier molecular flexibility index (Phi) is 3.56. The first-order valence-corrected chi connectivity index (χ1v) is 4.68. The van der Waals surface area contributed by atoms with E-state index in [1.807, 2.05) is 0 Å². The van der Waals surface area contributed by atoms with Crippen LogP contribution >= 0.6 is 12.4 Å². The minimum atomic E-state index is 0. The fourth-order valence-corrected chi connectivity index (χ4v) is 2.07. The van der Waals surface area contributed by atoms with Crippen LogP contribution in [0, 0.1) is 11.8 Å². The highest BCUT2D eigenvalue weighted by atomic mass is 35.5. The molecular weight excluding hydrogens is 188 g/mol. The smallest absolute Gasteiger partial charge is 0.0969 e. The Morgan fingerprint density at radius 3 is 3.08 bits per heavy atom. The summed E-state index contributed by atoms with van der Waals surface area (Å²) in [6, 6.07) is 0.454. The van der Waals surface area contributed by atoms with Gasteiger partial charge in [0.15, 0.2) is 0 Å². The number of halogens is 1. The second kappa shape index (κ2) is 4.29. The summed E-state index contributed by atoms with van der Waals surface area (Å²) in [7, 11) is 0. The molecule has 2 heterocycles. The lowest BCUT2D eigenvalue weighted by atomic mass is 9.84. The zero-order valence-corrected chi connectivity index (χ0v) is 8.72. The third kappa shape index (κ3) is 2.15. The lowest BCUT2D eigenvalue weighted by Gasteiger charge is -2.34. The maximum Gasteiger partial charge on any atom is 0.0969 e. The van der Waals surface area contributed by atoms with Crippen molar-refractivity contribution >= 4 is 18.2 Å². The maximum atomic E-state index is 5.79. The van der Waals surface area contributed by atoms with Crippen LogP contribution in [0.2, 0.25) is 0 Å². The molecule has 1 fully saturated rings. The van der Waals surface area contributed by atoms with Gasteiger partial charge < -0.3 is 10.5 Å². The number of hydrogen-bond donors (Lipinski definition) is 1. The van der Waals surface area contributed by atoms with Crippen LogP contribution in [0.3, 0.4) is 0 Å². The summed E-state index contributed by atoms with van der Waals surface area (Å²) < 4.78 is 5.41. The van der Waals surface area contributed by atoms with E-state index in [0.717, 1.165) is 31.9 Å². The fraction of sp³-hybridized carbons (Fsp3) is 0.889. The Labute approximate surface area is 85.1 Å². The van der Waals surface area contributed by atoms with E-state index in [9.17, 15) is 0 Å². The molecule has 76 valence electrons. The van der Waals surface area contributed by atoms with Crippen molar-refractivity contribution in [2.75, 3.05) is 13.2 Å². The van der Waals surface area contributed by atoms with Crippen molar-refractivity contribution < 1.29 is 4.74 Å². The van der Waals surface area contributed by atoms with Crippen LogP contribution < -0.4 is 5.73 Å². The van der Waals surface area contributed by atoms with Gasteiger partial charge in [-0.2, -0.15) is 0 Å². The molecule has 2 aliphatic heterocycles. The molecule has 4 heteroatoms. The predicted octanol–water partition coefficient (Wildman–Crippen LogP) is 1.21. The van der Waals surface area contributed by atoms with E-state index in [0.29, 0.717) is 17.9 Å². The average molecular weight is 205 g/mol. The average Bonchev–Trinajstić information content (AvgIpc) is 2.07. The molecule has 0 aliphatic carbocycles. The van der Waals surface area contributed by atoms with E-state index in [4.69, 9.17) is 10.5 Å². The van der Waals surface area contributed by atoms with Crippen LogP contribution in [0.1, 0.15) is 19.8 Å². The number of rotatable bonds is 0. The van der Waals surface area contributed by atoms with Gasteiger partial charge in [-0.15, -0.1) is 12.4 Å². The monoisotopic (exact) mass is 204 g/mol. The van der Waals surface area contributed by atoms with Crippen molar-refractivity contribution in [3.63, 3.8) is 0 Å². The molecule has 2 rings (SSSR count). The molecule has 2 N–H and O–H groups in total. The summed E-state index contributed by atoms with van der Waals surface area (Å²) in [5.74, 6) is 1.92. The van der Waals surface area contributed by atoms with Gasteiger partial charge in [0.05, 0.1) is 18.5 Å². The van der Waals surface area contributed by atoms with Gasteiger partial charge in [-0.05, 0) is 12.8 Å². The van der Waals surface area contributed by atoms with E-state index < -0.39 is 0 Å². The first-order valence-electron chi connectivity index (χ1n) is 4.68. The van der Waals surface area contributed by atoms with Crippen molar-refractivity contribution in [1.29, 1.82) is 0 Å². The lowest BCUT2D eigenvalue weighted by molar-refractivity contribution is 0.0331. The Morgan fingerprint density at radius 1 is 1.54 bits per heavy atom. The number of amidine groups is 1. The van der Waals surface area contributed by atoms with E-state index >= 15 is 0 Å². The number of fused-ring (bicyclic) bond motifs is 1. The van der Waals surface area contributed by atoms with Crippen molar-refractivity contribution in [2.45, 2.75) is 25.8 Å². The second-order valence-corrected chi connectivity index (χ2v) is 3.88. The van der Waals surface area contributed by atoms with Crippen molar-refractivity contribution in [3.8, 4) is 0 Å². The van der Waals surface area contributed by atoms with E-state index in [2.05, 4.69) is 11.9 Å². The summed E-state index contributed by atoms with van der Waals surface area (Å²) in [6.45, 7) is 3.88. The molecule has 3 atom stereocenters. The van der Waals surface area contributed by atoms with Gasteiger partial charge in [0.1, 0.15) is 0 Å². The largest absolute Gasteiger partial charge is 0.387 e. The van der Waals surface area contributed by atoms with Gasteiger partial charge in [0.25, 0.3) is 0 Å². The summed E-state index contributed by atoms with van der Waals surface area (Å²) in [5.41, 5.74) is 5.79. The molecule has 3 nitrogen and oxygen atoms in total. The Balaban J connectivity index is 0.000000845. The van der Waals surface area contributed by atoms with Gasteiger partial charge in [0.2, 0.25) is 0 Å². The van der Waals surface area contributed by atoms with Gasteiger partial charge in [-0.3, -0.25) is 4.99 Å². The highest BCUT2D eigenvalue weighted by molar-refractivity contribution is 5.85. The molecule has 0 radical (unpaired) electrons. The molecular formula is C9H17ClN2O. The van der Waals surface area contributed by atoms with Gasteiger partial charge >= 0.3 is 0 Å². The molecule has 0 aromatic carbocycles. The van der Waals surface area contributed by atoms with Crippen LogP contribution in [0.4, 0.5) is 0 Å². The molecule has 0 aromatic heterocycles. The number of aliphatic imine (C=N–C) groups is 1. The first-order chi connectivity index (χ1) is 5.77. The van der Waals surface area contributed by atoms with Crippen LogP contribution in [0.25, 0.3) is 0 Å².